The van der Waals surface area contributed by atoms with E-state index in [9.17, 15) is 14.4 Å². The Hall–Kier alpha value is -2.05. The zero-order chi connectivity index (χ0) is 18.0. The standard InChI is InChI=1S/C16H25NO6/c1-15(2,3)22-13(19)11-8-10(12(18)21-7)9-17(11)14(20)23-16(4,5)6/h9,11H,8H2,1-7H3/t11-/m0/s1. The average Bonchev–Trinajstić information content (AvgIpc) is 2.78. The maximum Gasteiger partial charge on any atom is 0.415 e. The molecule has 0 saturated carbocycles. The molecule has 0 fully saturated rings. The summed E-state index contributed by atoms with van der Waals surface area (Å²) in [6.07, 6.45) is 0.599. The minimum Gasteiger partial charge on any atom is -0.466 e. The molecule has 0 spiro atoms. The van der Waals surface area contributed by atoms with Gasteiger partial charge >= 0.3 is 18.0 Å². The molecule has 1 amide bonds. The Bertz CT molecular complexity index is 524. The molecule has 0 bridgehead atoms. The summed E-state index contributed by atoms with van der Waals surface area (Å²) >= 11 is 0. The van der Waals surface area contributed by atoms with Crippen LogP contribution in [0.25, 0.3) is 0 Å². The predicted molar refractivity (Wildman–Crippen MR) is 82.4 cm³/mol. The largest absolute Gasteiger partial charge is 0.466 e. The van der Waals surface area contributed by atoms with E-state index < -0.39 is 35.3 Å². The van der Waals surface area contributed by atoms with Crippen LogP contribution in [0, 0.1) is 0 Å². The van der Waals surface area contributed by atoms with Gasteiger partial charge in [-0.15, -0.1) is 0 Å². The third kappa shape index (κ3) is 5.58. The summed E-state index contributed by atoms with van der Waals surface area (Å²) in [4.78, 5) is 37.4. The van der Waals surface area contributed by atoms with Crippen molar-refractivity contribution in [2.75, 3.05) is 7.11 Å². The molecule has 1 heterocycles. The van der Waals surface area contributed by atoms with Crippen molar-refractivity contribution in [3.8, 4) is 0 Å². The van der Waals surface area contributed by atoms with Crippen LogP contribution in [-0.4, -0.2) is 47.3 Å². The first-order valence-corrected chi connectivity index (χ1v) is 7.37. The minimum absolute atomic E-state index is 0.0286. The number of esters is 2. The van der Waals surface area contributed by atoms with Gasteiger partial charge in [0, 0.05) is 12.6 Å². The van der Waals surface area contributed by atoms with Gasteiger partial charge < -0.3 is 14.2 Å². The van der Waals surface area contributed by atoms with E-state index in [-0.39, 0.29) is 12.0 Å². The van der Waals surface area contributed by atoms with Gasteiger partial charge in [-0.3, -0.25) is 4.90 Å². The van der Waals surface area contributed by atoms with Crippen molar-refractivity contribution in [3.05, 3.63) is 11.8 Å². The smallest absolute Gasteiger partial charge is 0.415 e. The maximum absolute atomic E-state index is 12.3. The van der Waals surface area contributed by atoms with Crippen molar-refractivity contribution >= 4 is 18.0 Å². The molecule has 0 aliphatic carbocycles. The van der Waals surface area contributed by atoms with Crippen molar-refractivity contribution in [2.24, 2.45) is 0 Å². The van der Waals surface area contributed by atoms with Gasteiger partial charge in [-0.25, -0.2) is 14.4 Å². The lowest BCUT2D eigenvalue weighted by molar-refractivity contribution is -0.159. The quantitative estimate of drug-likeness (QED) is 0.572. The Kier molecular flexibility index (Phi) is 5.45. The number of carbonyl (C=O) groups excluding carboxylic acids is 3. The third-order valence-corrected chi connectivity index (χ3v) is 2.77. The Labute approximate surface area is 136 Å². The number of hydrogen-bond acceptors (Lipinski definition) is 6. The number of ether oxygens (including phenoxy) is 3. The summed E-state index contributed by atoms with van der Waals surface area (Å²) < 4.78 is 15.3. The maximum atomic E-state index is 12.3. The molecule has 0 radical (unpaired) electrons. The first-order chi connectivity index (χ1) is 10.3. The van der Waals surface area contributed by atoms with Crippen LogP contribution >= 0.6 is 0 Å². The van der Waals surface area contributed by atoms with Crippen LogP contribution in [0.5, 0.6) is 0 Å². The molecule has 0 aromatic rings. The highest BCUT2D eigenvalue weighted by Crippen LogP contribution is 2.27. The lowest BCUT2D eigenvalue weighted by Crippen LogP contribution is -2.44. The molecule has 23 heavy (non-hydrogen) atoms. The lowest BCUT2D eigenvalue weighted by Gasteiger charge is -2.29. The van der Waals surface area contributed by atoms with E-state index in [2.05, 4.69) is 4.74 Å². The van der Waals surface area contributed by atoms with E-state index in [0.29, 0.717) is 0 Å². The average molecular weight is 327 g/mol. The number of carbonyl (C=O) groups is 3. The number of methoxy groups -OCH3 is 1. The number of hydrogen-bond donors (Lipinski definition) is 0. The lowest BCUT2D eigenvalue weighted by atomic mass is 10.1. The van der Waals surface area contributed by atoms with Gasteiger partial charge in [-0.1, -0.05) is 0 Å². The molecule has 0 saturated heterocycles. The van der Waals surface area contributed by atoms with Crippen molar-refractivity contribution in [3.63, 3.8) is 0 Å². The first kappa shape index (κ1) is 19.0. The van der Waals surface area contributed by atoms with E-state index in [1.807, 2.05) is 0 Å². The molecular weight excluding hydrogens is 302 g/mol. The van der Waals surface area contributed by atoms with Gasteiger partial charge in [0.2, 0.25) is 0 Å². The fourth-order valence-corrected chi connectivity index (χ4v) is 1.95. The second kappa shape index (κ2) is 6.60. The van der Waals surface area contributed by atoms with Gasteiger partial charge in [0.1, 0.15) is 17.2 Å². The van der Waals surface area contributed by atoms with E-state index in [1.54, 1.807) is 41.5 Å². The number of rotatable bonds is 2. The monoisotopic (exact) mass is 327 g/mol. The SMILES string of the molecule is COC(=O)C1=CN(C(=O)OC(C)(C)C)[C@H](C(=O)OC(C)(C)C)C1. The van der Waals surface area contributed by atoms with Gasteiger partial charge in [0.15, 0.2) is 0 Å². The molecule has 1 rings (SSSR count). The van der Waals surface area contributed by atoms with Crippen LogP contribution in [0.3, 0.4) is 0 Å². The Morgan fingerprint density at radius 2 is 1.57 bits per heavy atom. The highest BCUT2D eigenvalue weighted by molar-refractivity contribution is 5.93. The molecule has 7 nitrogen and oxygen atoms in total. The predicted octanol–water partition coefficient (Wildman–Crippen LogP) is 2.39. The number of nitrogens with zero attached hydrogens (tertiary/aromatic N) is 1. The minimum atomic E-state index is -0.946. The second-order valence-electron chi connectivity index (χ2n) is 7.29. The second-order valence-corrected chi connectivity index (χ2v) is 7.29. The van der Waals surface area contributed by atoms with Crippen LogP contribution in [0.2, 0.25) is 0 Å². The molecule has 0 aromatic heterocycles. The summed E-state index contributed by atoms with van der Waals surface area (Å²) in [5.74, 6) is -1.19. The molecule has 0 aromatic carbocycles. The fraction of sp³-hybridized carbons (Fsp3) is 0.688. The highest BCUT2D eigenvalue weighted by atomic mass is 16.6. The van der Waals surface area contributed by atoms with Crippen LogP contribution in [0.15, 0.2) is 11.8 Å². The fourth-order valence-electron chi connectivity index (χ4n) is 1.95. The molecule has 1 aliphatic heterocycles. The van der Waals surface area contributed by atoms with E-state index in [1.165, 1.54) is 13.3 Å². The van der Waals surface area contributed by atoms with E-state index in [4.69, 9.17) is 9.47 Å². The first-order valence-electron chi connectivity index (χ1n) is 7.37. The van der Waals surface area contributed by atoms with Crippen LogP contribution in [0.4, 0.5) is 4.79 Å². The van der Waals surface area contributed by atoms with Crippen LogP contribution in [-0.2, 0) is 23.8 Å². The van der Waals surface area contributed by atoms with Crippen LogP contribution in [0.1, 0.15) is 48.0 Å². The van der Waals surface area contributed by atoms with Crippen molar-refractivity contribution in [1.82, 2.24) is 4.90 Å². The Morgan fingerprint density at radius 3 is 2.00 bits per heavy atom. The zero-order valence-corrected chi connectivity index (χ0v) is 14.8. The van der Waals surface area contributed by atoms with Crippen molar-refractivity contribution in [1.29, 1.82) is 0 Å². The Balaban J connectivity index is 3.02. The zero-order valence-electron chi connectivity index (χ0n) is 14.8. The summed E-state index contributed by atoms with van der Waals surface area (Å²) in [6.45, 7) is 10.3. The molecule has 1 aliphatic rings. The molecule has 1 atom stereocenters. The summed E-state index contributed by atoms with van der Waals surface area (Å²) in [5.41, 5.74) is -1.21. The normalized spacial score (nSPS) is 18.3. The van der Waals surface area contributed by atoms with Gasteiger partial charge in [-0.05, 0) is 41.5 Å². The van der Waals surface area contributed by atoms with Crippen molar-refractivity contribution < 1.29 is 28.6 Å². The van der Waals surface area contributed by atoms with Gasteiger partial charge in [0.05, 0.1) is 12.7 Å². The third-order valence-electron chi connectivity index (χ3n) is 2.77. The van der Waals surface area contributed by atoms with Gasteiger partial charge in [-0.2, -0.15) is 0 Å². The van der Waals surface area contributed by atoms with Gasteiger partial charge in [0.25, 0.3) is 0 Å². The molecule has 0 N–H and O–H groups in total. The Morgan fingerprint density at radius 1 is 1.04 bits per heavy atom. The van der Waals surface area contributed by atoms with E-state index >= 15 is 0 Å². The summed E-state index contributed by atoms with van der Waals surface area (Å²) in [5, 5.41) is 0. The summed E-state index contributed by atoms with van der Waals surface area (Å²) in [6, 6.07) is -0.946. The van der Waals surface area contributed by atoms with E-state index in [0.717, 1.165) is 4.90 Å². The molecule has 130 valence electrons. The van der Waals surface area contributed by atoms with Crippen molar-refractivity contribution in [2.45, 2.75) is 65.2 Å². The molecule has 7 heteroatoms. The molecular formula is C16H25NO6. The summed E-state index contributed by atoms with van der Waals surface area (Å²) in [7, 11) is 1.24. The molecule has 0 unspecified atom stereocenters. The topological polar surface area (TPSA) is 82.1 Å². The van der Waals surface area contributed by atoms with Crippen LogP contribution < -0.4 is 0 Å². The number of amides is 1. The highest BCUT2D eigenvalue weighted by Gasteiger charge is 2.41.